The maximum Gasteiger partial charge on any atom is 0.122 e. The molecule has 0 atom stereocenters. The van der Waals surface area contributed by atoms with Crippen molar-refractivity contribution in [1.82, 2.24) is 0 Å². The summed E-state index contributed by atoms with van der Waals surface area (Å²) in [5.74, 6) is 0.900. The Morgan fingerprint density at radius 3 is 2.85 bits per heavy atom. The third-order valence-corrected chi connectivity index (χ3v) is 1.94. The second-order valence-electron chi connectivity index (χ2n) is 2.84. The Labute approximate surface area is 79.0 Å². The Kier molecular flexibility index (Phi) is 3.53. The summed E-state index contributed by atoms with van der Waals surface area (Å²) >= 11 is 0. The number of rotatable bonds is 4. The van der Waals surface area contributed by atoms with Gasteiger partial charge >= 0.3 is 0 Å². The first-order chi connectivity index (χ1) is 6.31. The fourth-order valence-electron chi connectivity index (χ4n) is 1.27. The van der Waals surface area contributed by atoms with Gasteiger partial charge in [0.2, 0.25) is 0 Å². The van der Waals surface area contributed by atoms with Crippen LogP contribution in [0.3, 0.4) is 0 Å². The fourth-order valence-corrected chi connectivity index (χ4v) is 1.27. The van der Waals surface area contributed by atoms with E-state index in [0.29, 0.717) is 6.54 Å². The monoisotopic (exact) mass is 177 g/mol. The van der Waals surface area contributed by atoms with Crippen LogP contribution < -0.4 is 10.5 Å². The van der Waals surface area contributed by atoms with Crippen LogP contribution in [-0.2, 0) is 13.0 Å². The standard InChI is InChI=1S/C11H15NO/c1-3-4-10-7-9(8-12)5-6-11(10)13-2/h3,5-7H,1,4,8,12H2,2H3. The highest BCUT2D eigenvalue weighted by Gasteiger charge is 2.01. The molecule has 2 heteroatoms. The summed E-state index contributed by atoms with van der Waals surface area (Å²) in [6, 6.07) is 5.98. The predicted molar refractivity (Wildman–Crippen MR) is 54.8 cm³/mol. The average Bonchev–Trinajstić information content (AvgIpc) is 2.18. The number of benzene rings is 1. The van der Waals surface area contributed by atoms with E-state index in [1.807, 2.05) is 18.2 Å². The molecule has 0 amide bonds. The molecule has 70 valence electrons. The lowest BCUT2D eigenvalue weighted by Crippen LogP contribution is -1.98. The minimum atomic E-state index is 0.564. The van der Waals surface area contributed by atoms with E-state index in [-0.39, 0.29) is 0 Å². The first kappa shape index (κ1) is 9.81. The lowest BCUT2D eigenvalue weighted by molar-refractivity contribution is 0.410. The molecule has 0 aromatic heterocycles. The first-order valence-corrected chi connectivity index (χ1v) is 4.28. The van der Waals surface area contributed by atoms with E-state index in [1.54, 1.807) is 7.11 Å². The Bertz CT molecular complexity index is 294. The molecule has 0 spiro atoms. The van der Waals surface area contributed by atoms with Crippen molar-refractivity contribution in [3.05, 3.63) is 42.0 Å². The van der Waals surface area contributed by atoms with E-state index >= 15 is 0 Å². The molecule has 1 rings (SSSR count). The summed E-state index contributed by atoms with van der Waals surface area (Å²) in [5, 5.41) is 0. The van der Waals surface area contributed by atoms with Crippen LogP contribution in [0.2, 0.25) is 0 Å². The molecule has 0 aliphatic carbocycles. The Balaban J connectivity index is 3.01. The molecule has 0 fully saturated rings. The zero-order chi connectivity index (χ0) is 9.68. The largest absolute Gasteiger partial charge is 0.496 e. The van der Waals surface area contributed by atoms with Crippen molar-refractivity contribution in [3.8, 4) is 5.75 Å². The fraction of sp³-hybridized carbons (Fsp3) is 0.273. The third-order valence-electron chi connectivity index (χ3n) is 1.94. The quantitative estimate of drug-likeness (QED) is 0.713. The van der Waals surface area contributed by atoms with Crippen LogP contribution in [0, 0.1) is 0 Å². The maximum absolute atomic E-state index is 5.54. The lowest BCUT2D eigenvalue weighted by atomic mass is 10.1. The van der Waals surface area contributed by atoms with Gasteiger partial charge in [0.05, 0.1) is 7.11 Å². The molecule has 2 nitrogen and oxygen atoms in total. The van der Waals surface area contributed by atoms with Crippen molar-refractivity contribution in [1.29, 1.82) is 0 Å². The van der Waals surface area contributed by atoms with Gasteiger partial charge in [-0.15, -0.1) is 6.58 Å². The Morgan fingerprint density at radius 1 is 1.54 bits per heavy atom. The van der Waals surface area contributed by atoms with E-state index in [4.69, 9.17) is 10.5 Å². The van der Waals surface area contributed by atoms with E-state index in [2.05, 4.69) is 12.6 Å². The third kappa shape index (κ3) is 2.33. The number of allylic oxidation sites excluding steroid dienone is 1. The second kappa shape index (κ2) is 4.67. The highest BCUT2D eigenvalue weighted by atomic mass is 16.5. The van der Waals surface area contributed by atoms with Crippen molar-refractivity contribution in [2.24, 2.45) is 5.73 Å². The number of hydrogen-bond acceptors (Lipinski definition) is 2. The van der Waals surface area contributed by atoms with E-state index in [1.165, 1.54) is 0 Å². The van der Waals surface area contributed by atoms with Gasteiger partial charge in [-0.2, -0.15) is 0 Å². The van der Waals surface area contributed by atoms with Crippen molar-refractivity contribution in [2.45, 2.75) is 13.0 Å². The maximum atomic E-state index is 5.54. The molecule has 0 unspecified atom stereocenters. The molecular formula is C11H15NO. The van der Waals surface area contributed by atoms with Gasteiger partial charge in [0.1, 0.15) is 5.75 Å². The van der Waals surface area contributed by atoms with Gasteiger partial charge in [0, 0.05) is 6.54 Å². The van der Waals surface area contributed by atoms with E-state index in [9.17, 15) is 0 Å². The minimum Gasteiger partial charge on any atom is -0.496 e. The van der Waals surface area contributed by atoms with Crippen LogP contribution in [-0.4, -0.2) is 7.11 Å². The SMILES string of the molecule is C=CCc1cc(CN)ccc1OC. The van der Waals surface area contributed by atoms with Crippen molar-refractivity contribution in [3.63, 3.8) is 0 Å². The summed E-state index contributed by atoms with van der Waals surface area (Å²) in [4.78, 5) is 0. The zero-order valence-corrected chi connectivity index (χ0v) is 7.92. The predicted octanol–water partition coefficient (Wildman–Crippen LogP) is 1.88. The Hall–Kier alpha value is -1.28. The van der Waals surface area contributed by atoms with Crippen LogP contribution in [0.25, 0.3) is 0 Å². The van der Waals surface area contributed by atoms with E-state index in [0.717, 1.165) is 23.3 Å². The summed E-state index contributed by atoms with van der Waals surface area (Å²) in [7, 11) is 1.67. The Morgan fingerprint density at radius 2 is 2.31 bits per heavy atom. The van der Waals surface area contributed by atoms with Crippen LogP contribution >= 0.6 is 0 Å². The van der Waals surface area contributed by atoms with Crippen LogP contribution in [0.1, 0.15) is 11.1 Å². The molecule has 0 saturated heterocycles. The van der Waals surface area contributed by atoms with Gasteiger partial charge in [0.15, 0.2) is 0 Å². The molecule has 0 heterocycles. The van der Waals surface area contributed by atoms with Gasteiger partial charge in [-0.05, 0) is 23.6 Å². The number of hydrogen-bond donors (Lipinski definition) is 1. The van der Waals surface area contributed by atoms with Gasteiger partial charge < -0.3 is 10.5 Å². The van der Waals surface area contributed by atoms with Crippen LogP contribution in [0.15, 0.2) is 30.9 Å². The molecule has 1 aromatic rings. The highest BCUT2D eigenvalue weighted by Crippen LogP contribution is 2.20. The van der Waals surface area contributed by atoms with Crippen molar-refractivity contribution >= 4 is 0 Å². The molecular weight excluding hydrogens is 162 g/mol. The minimum absolute atomic E-state index is 0.564. The number of ether oxygens (including phenoxy) is 1. The van der Waals surface area contributed by atoms with Gasteiger partial charge in [-0.1, -0.05) is 18.2 Å². The summed E-state index contributed by atoms with van der Waals surface area (Å²) in [5.41, 5.74) is 7.80. The molecule has 0 saturated carbocycles. The summed E-state index contributed by atoms with van der Waals surface area (Å²) in [6.45, 7) is 4.26. The summed E-state index contributed by atoms with van der Waals surface area (Å²) < 4.78 is 5.21. The normalized spacial score (nSPS) is 9.69. The van der Waals surface area contributed by atoms with Gasteiger partial charge in [0.25, 0.3) is 0 Å². The molecule has 1 aromatic carbocycles. The topological polar surface area (TPSA) is 35.2 Å². The second-order valence-corrected chi connectivity index (χ2v) is 2.84. The number of methoxy groups -OCH3 is 1. The van der Waals surface area contributed by atoms with Gasteiger partial charge in [-0.3, -0.25) is 0 Å². The van der Waals surface area contributed by atoms with Crippen molar-refractivity contribution < 1.29 is 4.74 Å². The summed E-state index contributed by atoms with van der Waals surface area (Å²) in [6.07, 6.45) is 2.68. The molecule has 13 heavy (non-hydrogen) atoms. The molecule has 2 N–H and O–H groups in total. The molecule has 0 aliphatic rings. The molecule has 0 bridgehead atoms. The zero-order valence-electron chi connectivity index (χ0n) is 7.92. The smallest absolute Gasteiger partial charge is 0.122 e. The number of nitrogens with two attached hydrogens (primary N) is 1. The van der Waals surface area contributed by atoms with Crippen molar-refractivity contribution in [2.75, 3.05) is 7.11 Å². The van der Waals surface area contributed by atoms with Crippen LogP contribution in [0.5, 0.6) is 5.75 Å². The first-order valence-electron chi connectivity index (χ1n) is 4.28. The molecule has 0 radical (unpaired) electrons. The van der Waals surface area contributed by atoms with Gasteiger partial charge in [-0.25, -0.2) is 0 Å². The van der Waals surface area contributed by atoms with Crippen LogP contribution in [0.4, 0.5) is 0 Å². The highest BCUT2D eigenvalue weighted by molar-refractivity contribution is 5.38. The molecule has 0 aliphatic heterocycles. The average molecular weight is 177 g/mol. The van der Waals surface area contributed by atoms with E-state index < -0.39 is 0 Å². The lowest BCUT2D eigenvalue weighted by Gasteiger charge is -2.07.